The van der Waals surface area contributed by atoms with Crippen molar-refractivity contribution in [3.05, 3.63) is 52.4 Å². The molecule has 1 unspecified atom stereocenters. The third-order valence-electron chi connectivity index (χ3n) is 4.00. The molecule has 2 N–H and O–H groups in total. The van der Waals surface area contributed by atoms with E-state index in [1.165, 1.54) is 4.57 Å². The first kappa shape index (κ1) is 19.8. The monoisotopic (exact) mass is 364 g/mol. The van der Waals surface area contributed by atoms with E-state index in [4.69, 9.17) is 5.11 Å². The molecule has 0 aliphatic carbocycles. The Morgan fingerprint density at radius 2 is 1.75 bits per heavy atom. The molecule has 1 heterocycles. The molecule has 1 atom stereocenters. The Morgan fingerprint density at radius 3 is 2.12 bits per heavy atom. The molecule has 1 aromatic heterocycles. The van der Waals surface area contributed by atoms with E-state index in [1.807, 2.05) is 0 Å². The minimum atomic E-state index is -1.63. The summed E-state index contributed by atoms with van der Waals surface area (Å²) in [6.45, 7) is 3.32. The molecule has 0 radical (unpaired) electrons. The van der Waals surface area contributed by atoms with Gasteiger partial charge in [-0.25, -0.2) is 17.7 Å². The van der Waals surface area contributed by atoms with Gasteiger partial charge in [-0.3, -0.25) is 4.79 Å². The summed E-state index contributed by atoms with van der Waals surface area (Å²) in [7, 11) is 1.59. The second-order valence-corrected chi connectivity index (χ2v) is 5.35. The zero-order valence-electron chi connectivity index (χ0n) is 13.1. The smallest absolute Gasteiger partial charge is 0.304 e. The minimum Gasteiger partial charge on any atom is -1.00 e. The second kappa shape index (κ2) is 7.12. The van der Waals surface area contributed by atoms with E-state index in [2.05, 4.69) is 0 Å². The van der Waals surface area contributed by atoms with Crippen LogP contribution in [0, 0.1) is 31.3 Å². The van der Waals surface area contributed by atoms with Gasteiger partial charge < -0.3 is 22.7 Å². The van der Waals surface area contributed by atoms with Gasteiger partial charge in [0.1, 0.15) is 5.69 Å². The second-order valence-electron chi connectivity index (χ2n) is 5.35. The van der Waals surface area contributed by atoms with Crippen LogP contribution in [0.1, 0.15) is 35.1 Å². The summed E-state index contributed by atoms with van der Waals surface area (Å²) >= 11 is 0. The van der Waals surface area contributed by atoms with Gasteiger partial charge in [0.2, 0.25) is 0 Å². The summed E-state index contributed by atoms with van der Waals surface area (Å²) in [4.78, 5) is 11.1. The lowest BCUT2D eigenvalue weighted by Gasteiger charge is -2.13. The number of imidazole rings is 1. The zero-order valence-corrected chi connectivity index (χ0v) is 13.9. The summed E-state index contributed by atoms with van der Waals surface area (Å²) < 4.78 is 42.5. The highest BCUT2D eigenvalue weighted by atomic mass is 35.5. The standard InChI is InChI=1S/C15H15F3N2O3.ClH/c1-7-8(2)20(23)15(19(7)3)10(6-13(21)22)9-4-11(16)14(18)12(17)5-9;/h4-5,10H,6H2,1-3H3,(H-,21,22,23);1H. The van der Waals surface area contributed by atoms with Crippen molar-refractivity contribution in [2.45, 2.75) is 26.2 Å². The molecule has 0 saturated heterocycles. The highest BCUT2D eigenvalue weighted by Crippen LogP contribution is 2.29. The molecule has 0 aliphatic heterocycles. The number of rotatable bonds is 4. The van der Waals surface area contributed by atoms with Crippen molar-refractivity contribution in [2.24, 2.45) is 7.05 Å². The molecule has 0 aliphatic rings. The fraction of sp³-hybridized carbons (Fsp3) is 0.333. The molecule has 0 bridgehead atoms. The first-order chi connectivity index (χ1) is 10.6. The molecule has 0 amide bonds. The Labute approximate surface area is 142 Å². The van der Waals surface area contributed by atoms with Crippen LogP contribution in [0.3, 0.4) is 0 Å². The predicted octanol–water partition coefficient (Wildman–Crippen LogP) is -0.805. The van der Waals surface area contributed by atoms with E-state index >= 15 is 0 Å². The lowest BCUT2D eigenvalue weighted by molar-refractivity contribution is -0.686. The van der Waals surface area contributed by atoms with Crippen molar-refractivity contribution in [3.63, 3.8) is 0 Å². The average molecular weight is 365 g/mol. The van der Waals surface area contributed by atoms with Crippen LogP contribution in [0.5, 0.6) is 0 Å². The van der Waals surface area contributed by atoms with Crippen molar-refractivity contribution >= 4 is 5.97 Å². The molecule has 0 fully saturated rings. The summed E-state index contributed by atoms with van der Waals surface area (Å²) in [5.41, 5.74) is 1.04. The SMILES string of the molecule is Cc1c(C)[n+](C)c(C(CC(=O)O)c2cc(F)c(F)c(F)c2)n1O.[Cl-]. The van der Waals surface area contributed by atoms with Crippen molar-refractivity contribution in [1.29, 1.82) is 0 Å². The van der Waals surface area contributed by atoms with Gasteiger partial charge in [0.15, 0.2) is 23.1 Å². The Balaban J connectivity index is 0.00000288. The molecular weight excluding hydrogens is 349 g/mol. The van der Waals surface area contributed by atoms with Gasteiger partial charge in [-0.2, -0.15) is 0 Å². The number of carboxylic acid groups (broad SMARTS) is 1. The highest BCUT2D eigenvalue weighted by molar-refractivity contribution is 5.68. The van der Waals surface area contributed by atoms with Gasteiger partial charge in [-0.1, -0.05) is 0 Å². The van der Waals surface area contributed by atoms with Gasteiger partial charge in [0, 0.05) is 13.8 Å². The minimum absolute atomic E-state index is 0. The summed E-state index contributed by atoms with van der Waals surface area (Å²) in [6, 6.07) is 1.48. The third-order valence-corrected chi connectivity index (χ3v) is 4.00. The number of hydrogen-bond acceptors (Lipinski definition) is 2. The number of carbonyl (C=O) groups is 1. The van der Waals surface area contributed by atoms with Crippen LogP contribution in [0.4, 0.5) is 13.2 Å². The Kier molecular flexibility index (Phi) is 5.89. The Bertz CT molecular complexity index is 744. The lowest BCUT2D eigenvalue weighted by atomic mass is 9.94. The first-order valence-corrected chi connectivity index (χ1v) is 6.78. The molecule has 1 aromatic carbocycles. The molecule has 132 valence electrons. The number of aliphatic carboxylic acids is 1. The molecule has 24 heavy (non-hydrogen) atoms. The van der Waals surface area contributed by atoms with Gasteiger partial charge in [-0.15, -0.1) is 0 Å². The van der Waals surface area contributed by atoms with Crippen molar-refractivity contribution < 1.29 is 45.3 Å². The van der Waals surface area contributed by atoms with E-state index in [1.54, 1.807) is 20.9 Å². The van der Waals surface area contributed by atoms with E-state index < -0.39 is 35.8 Å². The normalized spacial score (nSPS) is 11.9. The van der Waals surface area contributed by atoms with Crippen LogP contribution in [-0.2, 0) is 11.8 Å². The fourth-order valence-electron chi connectivity index (χ4n) is 2.57. The average Bonchev–Trinajstić information content (AvgIpc) is 2.66. The van der Waals surface area contributed by atoms with Crippen molar-refractivity contribution in [1.82, 2.24) is 4.73 Å². The molecular formula is C15H16ClF3N2O3. The van der Waals surface area contributed by atoms with E-state index in [9.17, 15) is 23.2 Å². The van der Waals surface area contributed by atoms with E-state index in [-0.39, 0.29) is 23.8 Å². The van der Waals surface area contributed by atoms with Crippen LogP contribution in [0.2, 0.25) is 0 Å². The Hall–Kier alpha value is -2.22. The van der Waals surface area contributed by atoms with E-state index in [0.29, 0.717) is 11.4 Å². The summed E-state index contributed by atoms with van der Waals surface area (Å²) in [5, 5.41) is 19.3. The topological polar surface area (TPSA) is 66.3 Å². The van der Waals surface area contributed by atoms with Crippen LogP contribution < -0.4 is 17.0 Å². The van der Waals surface area contributed by atoms with Gasteiger partial charge in [0.05, 0.1) is 19.4 Å². The quantitative estimate of drug-likeness (QED) is 0.424. The predicted molar refractivity (Wildman–Crippen MR) is 72.7 cm³/mol. The van der Waals surface area contributed by atoms with Crippen LogP contribution in [0.25, 0.3) is 0 Å². The van der Waals surface area contributed by atoms with Crippen molar-refractivity contribution in [3.8, 4) is 0 Å². The highest BCUT2D eigenvalue weighted by Gasteiger charge is 2.35. The molecule has 2 aromatic rings. The summed E-state index contributed by atoms with van der Waals surface area (Å²) in [5.74, 6) is -6.60. The maximum atomic E-state index is 13.5. The number of carboxylic acids is 1. The molecule has 5 nitrogen and oxygen atoms in total. The number of nitrogens with zero attached hydrogens (tertiary/aromatic N) is 2. The lowest BCUT2D eigenvalue weighted by Crippen LogP contribution is -3.00. The molecule has 2 rings (SSSR count). The van der Waals surface area contributed by atoms with Gasteiger partial charge in [-0.05, 0) is 22.4 Å². The Morgan fingerprint density at radius 1 is 1.25 bits per heavy atom. The molecule has 0 saturated carbocycles. The number of hydrogen-bond donors (Lipinski definition) is 2. The van der Waals surface area contributed by atoms with Crippen LogP contribution in [-0.4, -0.2) is 21.0 Å². The zero-order chi connectivity index (χ0) is 17.5. The maximum absolute atomic E-state index is 13.5. The first-order valence-electron chi connectivity index (χ1n) is 6.78. The molecule has 9 heteroatoms. The van der Waals surface area contributed by atoms with Gasteiger partial charge >= 0.3 is 11.8 Å². The largest absolute Gasteiger partial charge is 1.00 e. The third kappa shape index (κ3) is 3.33. The van der Waals surface area contributed by atoms with Gasteiger partial charge in [0.25, 0.3) is 0 Å². The van der Waals surface area contributed by atoms with Crippen LogP contribution in [0.15, 0.2) is 12.1 Å². The molecule has 0 spiro atoms. The number of aromatic nitrogens is 2. The fourth-order valence-corrected chi connectivity index (χ4v) is 2.57. The number of benzene rings is 1. The summed E-state index contributed by atoms with van der Waals surface area (Å²) in [6.07, 6.45) is -0.526. The van der Waals surface area contributed by atoms with Crippen LogP contribution >= 0.6 is 0 Å². The maximum Gasteiger partial charge on any atom is 0.304 e. The van der Waals surface area contributed by atoms with E-state index in [0.717, 1.165) is 16.9 Å². The number of halogens is 4. The van der Waals surface area contributed by atoms with Crippen molar-refractivity contribution in [2.75, 3.05) is 0 Å².